The lowest BCUT2D eigenvalue weighted by Crippen LogP contribution is -1.96. The fourth-order valence-electron chi connectivity index (χ4n) is 1.04. The van der Waals surface area contributed by atoms with Gasteiger partial charge in [0.25, 0.3) is 10.5 Å². The highest BCUT2D eigenvalue weighted by Gasteiger charge is 2.18. The molecular formula is C8H2Cl2N2O4. The normalized spacial score (nSPS) is 9.62. The molecule has 0 N–H and O–H groups in total. The van der Waals surface area contributed by atoms with E-state index in [9.17, 15) is 19.4 Å². The zero-order chi connectivity index (χ0) is 12.3. The van der Waals surface area contributed by atoms with Crippen molar-refractivity contribution in [2.24, 2.45) is 10.4 Å². The van der Waals surface area contributed by atoms with Crippen LogP contribution in [0.2, 0.25) is 0 Å². The van der Waals surface area contributed by atoms with Gasteiger partial charge in [-0.2, -0.15) is 0 Å². The third-order valence-electron chi connectivity index (χ3n) is 1.73. The maximum atomic E-state index is 10.9. The first-order valence-corrected chi connectivity index (χ1v) is 4.51. The molecule has 1 aromatic carbocycles. The summed E-state index contributed by atoms with van der Waals surface area (Å²) in [7, 11) is 0. The van der Waals surface area contributed by atoms with E-state index in [1.54, 1.807) is 0 Å². The van der Waals surface area contributed by atoms with Crippen LogP contribution in [0.1, 0.15) is 20.7 Å². The topological polar surface area (TPSA) is 93.0 Å². The number of carbonyl (C=O) groups is 2. The SMILES string of the molecule is O=Nc1cc(N=O)c(C(=O)Cl)cc1C(=O)Cl. The van der Waals surface area contributed by atoms with Crippen molar-refractivity contribution in [3.8, 4) is 0 Å². The molecule has 0 radical (unpaired) electrons. The summed E-state index contributed by atoms with van der Waals surface area (Å²) >= 11 is 10.3. The number of nitrogens with zero attached hydrogens (tertiary/aromatic N) is 2. The fraction of sp³-hybridized carbons (Fsp3) is 0. The third kappa shape index (κ3) is 2.29. The van der Waals surface area contributed by atoms with Crippen LogP contribution in [0.25, 0.3) is 0 Å². The minimum Gasteiger partial charge on any atom is -0.276 e. The van der Waals surface area contributed by atoms with Gasteiger partial charge in [-0.25, -0.2) is 0 Å². The van der Waals surface area contributed by atoms with Crippen LogP contribution in [0, 0.1) is 9.81 Å². The van der Waals surface area contributed by atoms with Gasteiger partial charge in [0.2, 0.25) is 0 Å². The molecule has 82 valence electrons. The Labute approximate surface area is 98.5 Å². The van der Waals surface area contributed by atoms with Crippen molar-refractivity contribution in [1.29, 1.82) is 0 Å². The molecule has 1 rings (SSSR count). The van der Waals surface area contributed by atoms with E-state index in [0.717, 1.165) is 12.1 Å². The highest BCUT2D eigenvalue weighted by atomic mass is 35.5. The first-order valence-electron chi connectivity index (χ1n) is 3.75. The standard InChI is InChI=1S/C8H2Cl2N2O4/c9-7(13)3-1-4(8(10)14)6(12-16)2-5(3)11-15/h1-2H. The van der Waals surface area contributed by atoms with E-state index in [4.69, 9.17) is 23.2 Å². The van der Waals surface area contributed by atoms with E-state index >= 15 is 0 Å². The maximum Gasteiger partial charge on any atom is 0.254 e. The summed E-state index contributed by atoms with van der Waals surface area (Å²) in [6.45, 7) is 0. The van der Waals surface area contributed by atoms with Crippen molar-refractivity contribution >= 4 is 45.1 Å². The van der Waals surface area contributed by atoms with Crippen LogP contribution in [-0.4, -0.2) is 10.5 Å². The van der Waals surface area contributed by atoms with Gasteiger partial charge >= 0.3 is 0 Å². The van der Waals surface area contributed by atoms with E-state index in [2.05, 4.69) is 10.4 Å². The Balaban J connectivity index is 3.59. The van der Waals surface area contributed by atoms with Crippen molar-refractivity contribution in [2.75, 3.05) is 0 Å². The smallest absolute Gasteiger partial charge is 0.254 e. The molecule has 1 aromatic rings. The van der Waals surface area contributed by atoms with Crippen molar-refractivity contribution < 1.29 is 9.59 Å². The Hall–Kier alpha value is -1.66. The second-order valence-electron chi connectivity index (χ2n) is 2.62. The molecule has 8 heteroatoms. The summed E-state index contributed by atoms with van der Waals surface area (Å²) in [5.74, 6) is 0. The van der Waals surface area contributed by atoms with Gasteiger partial charge in [0, 0.05) is 0 Å². The summed E-state index contributed by atoms with van der Waals surface area (Å²) in [4.78, 5) is 42.5. The number of hydrogen-bond donors (Lipinski definition) is 0. The number of carbonyl (C=O) groups excluding carboxylic acids is 2. The van der Waals surface area contributed by atoms with Gasteiger partial charge in [-0.3, -0.25) is 9.59 Å². The van der Waals surface area contributed by atoms with E-state index < -0.39 is 10.5 Å². The quantitative estimate of drug-likeness (QED) is 0.614. The molecule has 0 atom stereocenters. The summed E-state index contributed by atoms with van der Waals surface area (Å²) in [5.41, 5.74) is -1.38. The average Bonchev–Trinajstić information content (AvgIpc) is 2.26. The van der Waals surface area contributed by atoms with Crippen LogP contribution < -0.4 is 0 Å². The zero-order valence-corrected chi connectivity index (χ0v) is 8.95. The van der Waals surface area contributed by atoms with E-state index in [0.29, 0.717) is 0 Å². The Kier molecular flexibility index (Phi) is 3.81. The molecule has 0 bridgehead atoms. The van der Waals surface area contributed by atoms with Crippen molar-refractivity contribution in [3.05, 3.63) is 33.1 Å². The molecule has 0 spiro atoms. The minimum atomic E-state index is -0.994. The Morgan fingerprint density at radius 3 is 1.50 bits per heavy atom. The van der Waals surface area contributed by atoms with Crippen LogP contribution in [0.4, 0.5) is 11.4 Å². The summed E-state index contributed by atoms with van der Waals surface area (Å²) in [6, 6.07) is 1.77. The lowest BCUT2D eigenvalue weighted by atomic mass is 10.1. The molecule has 0 fully saturated rings. The number of halogens is 2. The summed E-state index contributed by atoms with van der Waals surface area (Å²) < 4.78 is 0. The number of hydrogen-bond acceptors (Lipinski definition) is 6. The molecule has 0 unspecified atom stereocenters. The van der Waals surface area contributed by atoms with Gasteiger partial charge in [0.15, 0.2) is 0 Å². The van der Waals surface area contributed by atoms with Gasteiger partial charge in [-0.1, -0.05) is 0 Å². The molecule has 0 aliphatic carbocycles. The van der Waals surface area contributed by atoms with E-state index in [1.165, 1.54) is 0 Å². The fourth-order valence-corrected chi connectivity index (χ4v) is 1.35. The molecule has 0 amide bonds. The lowest BCUT2D eigenvalue weighted by molar-refractivity contribution is 0.108. The summed E-state index contributed by atoms with van der Waals surface area (Å²) in [5, 5.41) is 3.00. The van der Waals surface area contributed by atoms with Gasteiger partial charge in [0.1, 0.15) is 11.4 Å². The average molecular weight is 261 g/mol. The molecule has 0 aliphatic rings. The Morgan fingerprint density at radius 2 is 1.25 bits per heavy atom. The third-order valence-corrected chi connectivity index (χ3v) is 2.14. The Morgan fingerprint density at radius 1 is 0.875 bits per heavy atom. The number of nitroso groups, excluding NO2 is 2. The molecule has 6 nitrogen and oxygen atoms in total. The molecule has 0 heterocycles. The van der Waals surface area contributed by atoms with E-state index in [1.807, 2.05) is 0 Å². The zero-order valence-electron chi connectivity index (χ0n) is 7.44. The van der Waals surface area contributed by atoms with E-state index in [-0.39, 0.29) is 22.5 Å². The van der Waals surface area contributed by atoms with Crippen LogP contribution in [0.15, 0.2) is 22.5 Å². The van der Waals surface area contributed by atoms with Gasteiger partial charge in [-0.15, -0.1) is 9.81 Å². The number of benzene rings is 1. The lowest BCUT2D eigenvalue weighted by Gasteiger charge is -2.02. The second kappa shape index (κ2) is 4.91. The highest BCUT2D eigenvalue weighted by molar-refractivity contribution is 6.69. The highest BCUT2D eigenvalue weighted by Crippen LogP contribution is 2.31. The monoisotopic (exact) mass is 260 g/mol. The largest absolute Gasteiger partial charge is 0.276 e. The van der Waals surface area contributed by atoms with Crippen molar-refractivity contribution in [1.82, 2.24) is 0 Å². The van der Waals surface area contributed by atoms with Crippen LogP contribution in [-0.2, 0) is 0 Å². The minimum absolute atomic E-state index is 0.312. The van der Waals surface area contributed by atoms with Crippen LogP contribution >= 0.6 is 23.2 Å². The molecule has 16 heavy (non-hydrogen) atoms. The summed E-state index contributed by atoms with van der Waals surface area (Å²) in [6.07, 6.45) is 0. The van der Waals surface area contributed by atoms with Crippen LogP contribution in [0.5, 0.6) is 0 Å². The second-order valence-corrected chi connectivity index (χ2v) is 3.30. The molecule has 0 aliphatic heterocycles. The predicted octanol–water partition coefficient (Wildman–Crippen LogP) is 3.24. The van der Waals surface area contributed by atoms with Gasteiger partial charge < -0.3 is 0 Å². The van der Waals surface area contributed by atoms with Gasteiger partial charge in [0.05, 0.1) is 11.1 Å². The van der Waals surface area contributed by atoms with Crippen LogP contribution in [0.3, 0.4) is 0 Å². The molecule has 0 saturated carbocycles. The van der Waals surface area contributed by atoms with Crippen molar-refractivity contribution in [3.63, 3.8) is 0 Å². The molecular weight excluding hydrogens is 259 g/mol. The molecule has 0 saturated heterocycles. The first-order chi connectivity index (χ1) is 7.51. The van der Waals surface area contributed by atoms with Crippen molar-refractivity contribution in [2.45, 2.75) is 0 Å². The Bertz CT molecular complexity index is 460. The van der Waals surface area contributed by atoms with Gasteiger partial charge in [-0.05, 0) is 45.7 Å². The maximum absolute atomic E-state index is 10.9. The molecule has 0 aromatic heterocycles. The number of rotatable bonds is 4. The first kappa shape index (κ1) is 12.4. The predicted molar refractivity (Wildman–Crippen MR) is 57.7 cm³/mol.